The van der Waals surface area contributed by atoms with Crippen LogP contribution in [0.4, 0.5) is 5.69 Å². The summed E-state index contributed by atoms with van der Waals surface area (Å²) in [4.78, 5) is 23.8. The molecule has 0 radical (unpaired) electrons. The number of ether oxygens (including phenoxy) is 1. The molecule has 0 heterocycles. The molecular weight excluding hydrogens is 346 g/mol. The molecular formula is C17H17NO6S. The number of esters is 1. The van der Waals surface area contributed by atoms with Gasteiger partial charge < -0.3 is 15.2 Å². The number of phenols is 1. The van der Waals surface area contributed by atoms with Gasteiger partial charge in [0.1, 0.15) is 11.3 Å². The Morgan fingerprint density at radius 1 is 1.16 bits per heavy atom. The van der Waals surface area contributed by atoms with Gasteiger partial charge >= 0.3 is 5.97 Å². The van der Waals surface area contributed by atoms with Crippen LogP contribution in [0.5, 0.6) is 5.75 Å². The number of aromatic hydroxyl groups is 1. The topological polar surface area (TPSA) is 110 Å². The maximum Gasteiger partial charge on any atom is 0.342 e. The van der Waals surface area contributed by atoms with Crippen LogP contribution < -0.4 is 5.32 Å². The molecule has 2 aromatic rings. The van der Waals surface area contributed by atoms with Gasteiger partial charge in [-0.1, -0.05) is 18.2 Å². The lowest BCUT2D eigenvalue weighted by atomic mass is 10.1. The lowest BCUT2D eigenvalue weighted by Gasteiger charge is -2.10. The summed E-state index contributed by atoms with van der Waals surface area (Å²) in [6, 6.07) is 10.3. The summed E-state index contributed by atoms with van der Waals surface area (Å²) in [7, 11) is -3.52. The van der Waals surface area contributed by atoms with Gasteiger partial charge in [-0.05, 0) is 36.8 Å². The molecule has 2 rings (SSSR count). The minimum Gasteiger partial charge on any atom is -0.507 e. The molecule has 1 amide bonds. The van der Waals surface area contributed by atoms with Gasteiger partial charge in [0.2, 0.25) is 0 Å². The number of hydrogen-bond acceptors (Lipinski definition) is 6. The fraction of sp³-hybridized carbons (Fsp3) is 0.176. The molecule has 2 N–H and O–H groups in total. The quantitative estimate of drug-likeness (QED) is 0.785. The zero-order chi connectivity index (χ0) is 18.6. The number of sulfone groups is 1. The Morgan fingerprint density at radius 3 is 2.48 bits per heavy atom. The van der Waals surface area contributed by atoms with E-state index in [-0.39, 0.29) is 21.9 Å². The van der Waals surface area contributed by atoms with Gasteiger partial charge in [0.05, 0.1) is 10.6 Å². The van der Waals surface area contributed by atoms with Crippen molar-refractivity contribution < 1.29 is 27.9 Å². The molecule has 0 aromatic heterocycles. The predicted molar refractivity (Wildman–Crippen MR) is 91.3 cm³/mol. The van der Waals surface area contributed by atoms with Crippen molar-refractivity contribution in [3.63, 3.8) is 0 Å². The Kier molecular flexibility index (Phi) is 5.43. The third-order valence-corrected chi connectivity index (χ3v) is 4.42. The molecule has 0 aliphatic carbocycles. The summed E-state index contributed by atoms with van der Waals surface area (Å²) in [6.45, 7) is 1.13. The molecule has 0 atom stereocenters. The number of phenolic OH excluding ortho intramolecular Hbond substituents is 1. The summed E-state index contributed by atoms with van der Waals surface area (Å²) < 4.78 is 28.2. The Labute approximate surface area is 145 Å². The van der Waals surface area contributed by atoms with E-state index in [1.807, 2.05) is 0 Å². The van der Waals surface area contributed by atoms with Gasteiger partial charge in [0.15, 0.2) is 16.4 Å². The first-order valence-electron chi connectivity index (χ1n) is 7.24. The van der Waals surface area contributed by atoms with Gasteiger partial charge in [-0.25, -0.2) is 13.2 Å². The zero-order valence-electron chi connectivity index (χ0n) is 13.6. The number of benzene rings is 2. The molecule has 132 valence electrons. The fourth-order valence-electron chi connectivity index (χ4n) is 2.10. The van der Waals surface area contributed by atoms with E-state index in [4.69, 9.17) is 4.74 Å². The molecule has 0 fully saturated rings. The van der Waals surface area contributed by atoms with Crippen molar-refractivity contribution in [1.29, 1.82) is 0 Å². The van der Waals surface area contributed by atoms with Crippen molar-refractivity contribution in [1.82, 2.24) is 0 Å². The molecule has 25 heavy (non-hydrogen) atoms. The number of rotatable bonds is 5. The molecule has 0 unspecified atom stereocenters. The maximum atomic E-state index is 11.9. The average molecular weight is 363 g/mol. The summed E-state index contributed by atoms with van der Waals surface area (Å²) in [6.07, 6.45) is 1.03. The van der Waals surface area contributed by atoms with E-state index in [1.54, 1.807) is 19.1 Å². The van der Waals surface area contributed by atoms with Crippen molar-refractivity contribution in [3.05, 3.63) is 53.6 Å². The van der Waals surface area contributed by atoms with E-state index in [1.165, 1.54) is 30.3 Å². The number of carbonyl (C=O) groups is 2. The van der Waals surface area contributed by atoms with Crippen LogP contribution >= 0.6 is 0 Å². The lowest BCUT2D eigenvalue weighted by molar-refractivity contribution is -0.119. The highest BCUT2D eigenvalue weighted by molar-refractivity contribution is 7.90. The van der Waals surface area contributed by atoms with Crippen LogP contribution in [0.1, 0.15) is 15.9 Å². The van der Waals surface area contributed by atoms with Crippen LogP contribution in [-0.2, 0) is 19.4 Å². The van der Waals surface area contributed by atoms with E-state index in [2.05, 4.69) is 5.32 Å². The third-order valence-electron chi connectivity index (χ3n) is 3.27. The number of amides is 1. The Balaban J connectivity index is 2.03. The van der Waals surface area contributed by atoms with Crippen molar-refractivity contribution in [2.45, 2.75) is 11.8 Å². The molecule has 0 aliphatic heterocycles. The lowest BCUT2D eigenvalue weighted by Crippen LogP contribution is -2.22. The van der Waals surface area contributed by atoms with Crippen LogP contribution in [0.25, 0.3) is 0 Å². The molecule has 0 saturated carbocycles. The minimum atomic E-state index is -3.52. The van der Waals surface area contributed by atoms with Crippen LogP contribution in [0.15, 0.2) is 47.4 Å². The smallest absolute Gasteiger partial charge is 0.342 e. The molecule has 0 bridgehead atoms. The second kappa shape index (κ2) is 7.35. The van der Waals surface area contributed by atoms with Crippen molar-refractivity contribution >= 4 is 27.4 Å². The number of carbonyl (C=O) groups excluding carboxylic acids is 2. The van der Waals surface area contributed by atoms with Crippen LogP contribution in [0.2, 0.25) is 0 Å². The number of nitrogens with one attached hydrogen (secondary N) is 1. The van der Waals surface area contributed by atoms with Gasteiger partial charge in [-0.3, -0.25) is 4.79 Å². The summed E-state index contributed by atoms with van der Waals surface area (Å²) in [5, 5.41) is 12.1. The predicted octanol–water partition coefficient (Wildman–Crippen LogP) is 1.90. The van der Waals surface area contributed by atoms with E-state index >= 15 is 0 Å². The Morgan fingerprint density at radius 2 is 1.84 bits per heavy atom. The molecule has 0 saturated heterocycles. The van der Waals surface area contributed by atoms with E-state index < -0.39 is 28.3 Å². The second-order valence-corrected chi connectivity index (χ2v) is 7.40. The summed E-state index contributed by atoms with van der Waals surface area (Å²) in [5.74, 6) is -1.80. The first kappa shape index (κ1) is 18.5. The van der Waals surface area contributed by atoms with Gasteiger partial charge in [0.25, 0.3) is 5.91 Å². The normalized spacial score (nSPS) is 11.0. The average Bonchev–Trinajstić information content (AvgIpc) is 2.52. The van der Waals surface area contributed by atoms with Crippen LogP contribution in [0, 0.1) is 6.92 Å². The van der Waals surface area contributed by atoms with Gasteiger partial charge in [0, 0.05) is 6.26 Å². The summed E-state index contributed by atoms with van der Waals surface area (Å²) >= 11 is 0. The van der Waals surface area contributed by atoms with Crippen molar-refractivity contribution in [2.24, 2.45) is 0 Å². The van der Waals surface area contributed by atoms with Crippen molar-refractivity contribution in [2.75, 3.05) is 18.2 Å². The zero-order valence-corrected chi connectivity index (χ0v) is 14.5. The molecule has 0 aliphatic rings. The molecule has 7 nitrogen and oxygen atoms in total. The van der Waals surface area contributed by atoms with Crippen LogP contribution in [0.3, 0.4) is 0 Å². The highest BCUT2D eigenvalue weighted by Gasteiger charge is 2.17. The minimum absolute atomic E-state index is 0.0362. The largest absolute Gasteiger partial charge is 0.507 e. The molecule has 0 spiro atoms. The number of para-hydroxylation sites is 1. The first-order valence-corrected chi connectivity index (χ1v) is 9.13. The first-order chi connectivity index (χ1) is 11.7. The Bertz CT molecular complexity index is 920. The summed E-state index contributed by atoms with van der Waals surface area (Å²) in [5.41, 5.74) is 0.809. The standard InChI is InChI=1S/C17H17NO6S/c1-11-7-8-12(14(19)9-11)17(21)24-10-16(20)18-13-5-3-4-6-15(13)25(2,22)23/h3-9,19H,10H2,1-2H3,(H,18,20). The number of anilines is 1. The second-order valence-electron chi connectivity index (χ2n) is 5.41. The van der Waals surface area contributed by atoms with E-state index in [0.717, 1.165) is 11.8 Å². The van der Waals surface area contributed by atoms with E-state index in [9.17, 15) is 23.1 Å². The molecule has 2 aromatic carbocycles. The highest BCUT2D eigenvalue weighted by atomic mass is 32.2. The Hall–Kier alpha value is -2.87. The van der Waals surface area contributed by atoms with E-state index in [0.29, 0.717) is 0 Å². The number of hydrogen-bond donors (Lipinski definition) is 2. The maximum absolute atomic E-state index is 11.9. The van der Waals surface area contributed by atoms with Gasteiger partial charge in [-0.2, -0.15) is 0 Å². The van der Waals surface area contributed by atoms with Crippen LogP contribution in [-0.4, -0.2) is 38.3 Å². The SMILES string of the molecule is Cc1ccc(C(=O)OCC(=O)Nc2ccccc2S(C)(=O)=O)c(O)c1. The monoisotopic (exact) mass is 363 g/mol. The third kappa shape index (κ3) is 4.80. The van der Waals surface area contributed by atoms with Gasteiger partial charge in [-0.15, -0.1) is 0 Å². The fourth-order valence-corrected chi connectivity index (χ4v) is 2.95. The molecule has 8 heteroatoms. The number of aryl methyl sites for hydroxylation is 1. The highest BCUT2D eigenvalue weighted by Crippen LogP contribution is 2.21. The van der Waals surface area contributed by atoms with Crippen molar-refractivity contribution in [3.8, 4) is 5.75 Å².